The van der Waals surface area contributed by atoms with Crippen LogP contribution < -0.4 is 5.32 Å². The van der Waals surface area contributed by atoms with Crippen LogP contribution in [0.5, 0.6) is 0 Å². The molecule has 0 spiro atoms. The summed E-state index contributed by atoms with van der Waals surface area (Å²) in [7, 11) is 3.18. The Morgan fingerprint density at radius 3 is 2.75 bits per heavy atom. The number of hydroxylamine groups is 2. The van der Waals surface area contributed by atoms with E-state index in [-0.39, 0.29) is 0 Å². The summed E-state index contributed by atoms with van der Waals surface area (Å²) < 4.78 is 5.09. The molecule has 12 heavy (non-hydrogen) atoms. The van der Waals surface area contributed by atoms with Crippen molar-refractivity contribution in [1.82, 2.24) is 10.5 Å². The maximum absolute atomic E-state index is 8.71. The van der Waals surface area contributed by atoms with E-state index in [1.54, 1.807) is 13.1 Å². The van der Waals surface area contributed by atoms with E-state index in [0.717, 1.165) is 0 Å². The molecule has 0 radical (unpaired) electrons. The molecule has 0 amide bonds. The lowest BCUT2D eigenvalue weighted by Crippen LogP contribution is -2.18. The Bertz CT molecular complexity index is 137. The van der Waals surface area contributed by atoms with Crippen molar-refractivity contribution in [3.05, 3.63) is 11.8 Å². The lowest BCUT2D eigenvalue weighted by atomic mass is 10.5. The quantitative estimate of drug-likeness (QED) is 0.264. The summed E-state index contributed by atoms with van der Waals surface area (Å²) in [6.45, 7) is 2.60. The second-order valence-electron chi connectivity index (χ2n) is 2.16. The lowest BCUT2D eigenvalue weighted by Gasteiger charge is -2.12. The van der Waals surface area contributed by atoms with Crippen LogP contribution in [0.25, 0.3) is 0 Å². The maximum atomic E-state index is 8.71. The molecular formula is C7H16N2O3. The van der Waals surface area contributed by atoms with Crippen LogP contribution in [-0.4, -0.2) is 37.9 Å². The van der Waals surface area contributed by atoms with Crippen molar-refractivity contribution in [1.29, 1.82) is 0 Å². The van der Waals surface area contributed by atoms with Gasteiger partial charge >= 0.3 is 0 Å². The molecule has 0 saturated carbocycles. The van der Waals surface area contributed by atoms with Crippen LogP contribution in [0.1, 0.15) is 6.92 Å². The first kappa shape index (κ1) is 11.4. The molecule has 0 aliphatic carbocycles. The van der Waals surface area contributed by atoms with Crippen molar-refractivity contribution in [2.75, 3.05) is 27.4 Å². The summed E-state index contributed by atoms with van der Waals surface area (Å²) in [5, 5.41) is 12.2. The highest BCUT2D eigenvalue weighted by molar-refractivity contribution is 4.89. The van der Waals surface area contributed by atoms with Crippen molar-refractivity contribution in [3.63, 3.8) is 0 Å². The summed E-state index contributed by atoms with van der Waals surface area (Å²) in [6.07, 6.45) is 1.72. The van der Waals surface area contributed by atoms with Gasteiger partial charge in [-0.1, -0.05) is 0 Å². The summed E-state index contributed by atoms with van der Waals surface area (Å²) >= 11 is 0. The summed E-state index contributed by atoms with van der Waals surface area (Å²) in [6, 6.07) is 0. The van der Waals surface area contributed by atoms with Gasteiger partial charge in [0.15, 0.2) is 0 Å². The molecule has 2 N–H and O–H groups in total. The van der Waals surface area contributed by atoms with Gasteiger partial charge in [0.2, 0.25) is 0 Å². The van der Waals surface area contributed by atoms with Crippen LogP contribution in [0.4, 0.5) is 0 Å². The minimum atomic E-state index is 0.336. The normalized spacial score (nSPS) is 12.2. The largest absolute Gasteiger partial charge is 0.383 e. The molecule has 0 aliphatic heterocycles. The summed E-state index contributed by atoms with van der Waals surface area (Å²) in [5.41, 5.74) is 0. The SMILES string of the molecule is C/C=C(/COCNC)ON(C)O. The Kier molecular flexibility index (Phi) is 6.69. The first-order valence-electron chi connectivity index (χ1n) is 3.68. The van der Waals surface area contributed by atoms with Gasteiger partial charge in [-0.25, -0.2) is 0 Å². The van der Waals surface area contributed by atoms with E-state index < -0.39 is 0 Å². The molecule has 0 fully saturated rings. The number of allylic oxidation sites excluding steroid dienone is 1. The average molecular weight is 176 g/mol. The summed E-state index contributed by atoms with van der Waals surface area (Å²) in [5.74, 6) is 0.565. The number of hydrogen-bond acceptors (Lipinski definition) is 5. The molecule has 5 heteroatoms. The third-order valence-electron chi connectivity index (χ3n) is 1.06. The molecular weight excluding hydrogens is 160 g/mol. The summed E-state index contributed by atoms with van der Waals surface area (Å²) in [4.78, 5) is 4.84. The number of hydrogen-bond donors (Lipinski definition) is 2. The number of nitrogens with zero attached hydrogens (tertiary/aromatic N) is 1. The predicted octanol–water partition coefficient (Wildman–Crippen LogP) is 0.336. The highest BCUT2D eigenvalue weighted by Crippen LogP contribution is 1.98. The van der Waals surface area contributed by atoms with Crippen molar-refractivity contribution in [2.24, 2.45) is 0 Å². The Hall–Kier alpha value is -0.620. The fourth-order valence-corrected chi connectivity index (χ4v) is 0.586. The van der Waals surface area contributed by atoms with Crippen LogP contribution in [0.3, 0.4) is 0 Å². The Morgan fingerprint density at radius 2 is 2.33 bits per heavy atom. The molecule has 0 bridgehead atoms. The molecule has 0 atom stereocenters. The van der Waals surface area contributed by atoms with E-state index in [1.165, 1.54) is 7.05 Å². The van der Waals surface area contributed by atoms with Crippen molar-refractivity contribution < 1.29 is 14.8 Å². The maximum Gasteiger partial charge on any atom is 0.149 e. The van der Waals surface area contributed by atoms with E-state index >= 15 is 0 Å². The van der Waals surface area contributed by atoms with Crippen LogP contribution in [0.2, 0.25) is 0 Å². The standard InChI is InChI=1S/C7H16N2O3/c1-4-7(12-9(3)10)5-11-6-8-2/h4,8,10H,5-6H2,1-3H3/b7-4-. The van der Waals surface area contributed by atoms with E-state index in [2.05, 4.69) is 5.32 Å². The molecule has 0 rings (SSSR count). The topological polar surface area (TPSA) is 54.0 Å². The van der Waals surface area contributed by atoms with Crippen molar-refractivity contribution in [2.45, 2.75) is 6.92 Å². The molecule has 0 saturated heterocycles. The second kappa shape index (κ2) is 7.05. The number of nitrogens with one attached hydrogen (secondary N) is 1. The Balaban J connectivity index is 3.55. The van der Waals surface area contributed by atoms with Gasteiger partial charge < -0.3 is 9.57 Å². The van der Waals surface area contributed by atoms with E-state index in [4.69, 9.17) is 14.8 Å². The second-order valence-corrected chi connectivity index (χ2v) is 2.16. The first-order valence-corrected chi connectivity index (χ1v) is 3.68. The molecule has 72 valence electrons. The van der Waals surface area contributed by atoms with Crippen molar-refractivity contribution in [3.8, 4) is 0 Å². The molecule has 0 unspecified atom stereocenters. The van der Waals surface area contributed by atoms with Gasteiger partial charge in [-0.15, -0.1) is 0 Å². The Morgan fingerprint density at radius 1 is 1.67 bits per heavy atom. The highest BCUT2D eigenvalue weighted by atomic mass is 16.9. The zero-order valence-electron chi connectivity index (χ0n) is 7.70. The van der Waals surface area contributed by atoms with Crippen LogP contribution >= 0.6 is 0 Å². The zero-order valence-corrected chi connectivity index (χ0v) is 7.70. The van der Waals surface area contributed by atoms with Crippen LogP contribution in [0, 0.1) is 0 Å². The smallest absolute Gasteiger partial charge is 0.149 e. The van der Waals surface area contributed by atoms with Gasteiger partial charge in [0, 0.05) is 0 Å². The predicted molar refractivity (Wildman–Crippen MR) is 44.3 cm³/mol. The fraction of sp³-hybridized carbons (Fsp3) is 0.714. The molecule has 5 nitrogen and oxygen atoms in total. The van der Waals surface area contributed by atoms with Gasteiger partial charge in [-0.3, -0.25) is 10.5 Å². The van der Waals surface area contributed by atoms with Gasteiger partial charge in [-0.2, -0.15) is 0 Å². The third-order valence-corrected chi connectivity index (χ3v) is 1.06. The minimum Gasteiger partial charge on any atom is -0.383 e. The number of rotatable bonds is 6. The van der Waals surface area contributed by atoms with Gasteiger partial charge in [0.1, 0.15) is 12.4 Å². The van der Waals surface area contributed by atoms with Crippen molar-refractivity contribution >= 4 is 0 Å². The molecule has 0 aromatic carbocycles. The van der Waals surface area contributed by atoms with E-state index in [9.17, 15) is 0 Å². The number of ether oxygens (including phenoxy) is 1. The average Bonchev–Trinajstić information content (AvgIpc) is 2.02. The highest BCUT2D eigenvalue weighted by Gasteiger charge is 1.99. The Labute approximate surface area is 72.5 Å². The lowest BCUT2D eigenvalue weighted by molar-refractivity contribution is -0.303. The van der Waals surface area contributed by atoms with Gasteiger partial charge in [0.05, 0.1) is 13.8 Å². The fourth-order valence-electron chi connectivity index (χ4n) is 0.586. The molecule has 0 aliphatic rings. The monoisotopic (exact) mass is 176 g/mol. The van der Waals surface area contributed by atoms with Gasteiger partial charge in [0.25, 0.3) is 0 Å². The van der Waals surface area contributed by atoms with Gasteiger partial charge in [-0.05, 0) is 25.3 Å². The minimum absolute atomic E-state index is 0.336. The first-order chi connectivity index (χ1) is 5.70. The third kappa shape index (κ3) is 6.11. The van der Waals surface area contributed by atoms with E-state index in [1.807, 2.05) is 6.92 Å². The molecule has 0 aromatic heterocycles. The molecule has 0 heterocycles. The van der Waals surface area contributed by atoms with Crippen LogP contribution in [0.15, 0.2) is 11.8 Å². The van der Waals surface area contributed by atoms with Crippen LogP contribution in [-0.2, 0) is 9.57 Å². The zero-order chi connectivity index (χ0) is 9.40. The van der Waals surface area contributed by atoms with E-state index in [0.29, 0.717) is 24.3 Å². The molecule has 0 aromatic rings.